The van der Waals surface area contributed by atoms with Gasteiger partial charge in [-0.25, -0.2) is 14.2 Å². The Morgan fingerprint density at radius 1 is 1.30 bits per heavy atom. The second-order valence-electron chi connectivity index (χ2n) is 6.47. The van der Waals surface area contributed by atoms with Crippen molar-refractivity contribution in [2.45, 2.75) is 24.7 Å². The fourth-order valence-corrected chi connectivity index (χ4v) is 3.17. The summed E-state index contributed by atoms with van der Waals surface area (Å²) in [5.41, 5.74) is 0.264. The first kappa shape index (κ1) is 17.1. The van der Waals surface area contributed by atoms with E-state index in [2.05, 4.69) is 25.5 Å². The molecule has 3 heterocycles. The molecule has 0 saturated heterocycles. The lowest BCUT2D eigenvalue weighted by Crippen LogP contribution is -2.42. The quantitative estimate of drug-likeness (QED) is 0.682. The third-order valence-electron chi connectivity index (χ3n) is 4.79. The summed E-state index contributed by atoms with van der Waals surface area (Å²) in [6.07, 6.45) is 5.39. The number of aromatic nitrogens is 4. The summed E-state index contributed by atoms with van der Waals surface area (Å²) in [5, 5.41) is 20.1. The summed E-state index contributed by atoms with van der Waals surface area (Å²) < 4.78 is 19.3. The van der Waals surface area contributed by atoms with Gasteiger partial charge in [0.05, 0.1) is 5.69 Å². The fourth-order valence-electron chi connectivity index (χ4n) is 3.17. The van der Waals surface area contributed by atoms with Gasteiger partial charge >= 0.3 is 5.97 Å². The average molecular weight is 369 g/mol. The van der Waals surface area contributed by atoms with Gasteiger partial charge in [-0.2, -0.15) is 0 Å². The minimum Gasteiger partial charge on any atom is -0.476 e. The zero-order chi connectivity index (χ0) is 18.9. The fraction of sp³-hybridized carbons (Fsp3) is 0.278. The number of halogens is 1. The number of carbonyl (C=O) groups is 1. The second-order valence-corrected chi connectivity index (χ2v) is 6.47. The van der Waals surface area contributed by atoms with Crippen molar-refractivity contribution in [3.05, 3.63) is 53.9 Å². The average Bonchev–Trinajstić information content (AvgIpc) is 3.13. The van der Waals surface area contributed by atoms with Crippen LogP contribution in [0, 0.1) is 5.82 Å². The SMILES string of the molecule is O=C(O)c1coc(-c2ccc(NCC3(c4ncccc4F)CCC3)nn2)n1. The minimum absolute atomic E-state index is 0.0810. The van der Waals surface area contributed by atoms with Gasteiger partial charge in [-0.05, 0) is 37.1 Å². The van der Waals surface area contributed by atoms with E-state index in [4.69, 9.17) is 9.52 Å². The maximum Gasteiger partial charge on any atom is 0.357 e. The molecule has 1 aliphatic rings. The van der Waals surface area contributed by atoms with Crippen LogP contribution >= 0.6 is 0 Å². The molecule has 0 radical (unpaired) electrons. The van der Waals surface area contributed by atoms with Crippen LogP contribution in [0.15, 0.2) is 41.1 Å². The highest BCUT2D eigenvalue weighted by Gasteiger charge is 2.41. The highest BCUT2D eigenvalue weighted by atomic mass is 19.1. The summed E-state index contributed by atoms with van der Waals surface area (Å²) >= 11 is 0. The van der Waals surface area contributed by atoms with Gasteiger partial charge in [0.15, 0.2) is 5.69 Å². The molecule has 0 spiro atoms. The number of carboxylic acid groups (broad SMARTS) is 1. The van der Waals surface area contributed by atoms with Gasteiger partial charge in [-0.3, -0.25) is 4.98 Å². The number of nitrogens with one attached hydrogen (secondary N) is 1. The zero-order valence-electron chi connectivity index (χ0n) is 14.2. The third-order valence-corrected chi connectivity index (χ3v) is 4.79. The summed E-state index contributed by atoms with van der Waals surface area (Å²) in [7, 11) is 0. The van der Waals surface area contributed by atoms with Gasteiger partial charge in [0.25, 0.3) is 0 Å². The first-order valence-electron chi connectivity index (χ1n) is 8.45. The minimum atomic E-state index is -1.18. The van der Waals surface area contributed by atoms with Crippen LogP contribution in [-0.2, 0) is 5.41 Å². The monoisotopic (exact) mass is 369 g/mol. The standard InChI is InChI=1S/C18H16FN5O3/c19-11-3-1-8-20-15(11)18(6-2-7-18)10-21-14-5-4-12(23-24-14)16-22-13(9-27-16)17(25)26/h1,3-5,8-9H,2,6-7,10H2,(H,21,24)(H,25,26). The number of hydrogen-bond acceptors (Lipinski definition) is 7. The van der Waals surface area contributed by atoms with Gasteiger partial charge in [0, 0.05) is 18.2 Å². The van der Waals surface area contributed by atoms with E-state index in [0.29, 0.717) is 23.8 Å². The Balaban J connectivity index is 1.47. The van der Waals surface area contributed by atoms with Gasteiger partial charge in [0.2, 0.25) is 5.89 Å². The molecule has 27 heavy (non-hydrogen) atoms. The number of oxazole rings is 1. The van der Waals surface area contributed by atoms with E-state index in [1.54, 1.807) is 24.4 Å². The molecule has 2 N–H and O–H groups in total. The van der Waals surface area contributed by atoms with Crippen LogP contribution in [0.4, 0.5) is 10.2 Å². The van der Waals surface area contributed by atoms with Crippen molar-refractivity contribution in [3.8, 4) is 11.6 Å². The highest BCUT2D eigenvalue weighted by Crippen LogP contribution is 2.43. The molecule has 4 rings (SSSR count). The Hall–Kier alpha value is -3.36. The normalized spacial score (nSPS) is 15.1. The maximum absolute atomic E-state index is 14.2. The van der Waals surface area contributed by atoms with Crippen molar-refractivity contribution in [1.82, 2.24) is 20.2 Å². The number of rotatable bonds is 6. The van der Waals surface area contributed by atoms with Crippen LogP contribution in [0.1, 0.15) is 35.4 Å². The number of anilines is 1. The maximum atomic E-state index is 14.2. The molecule has 0 atom stereocenters. The van der Waals surface area contributed by atoms with Crippen LogP contribution in [-0.4, -0.2) is 37.8 Å². The first-order valence-corrected chi connectivity index (χ1v) is 8.45. The summed E-state index contributed by atoms with van der Waals surface area (Å²) in [4.78, 5) is 18.9. The predicted molar refractivity (Wildman–Crippen MR) is 92.7 cm³/mol. The van der Waals surface area contributed by atoms with E-state index in [1.807, 2.05) is 0 Å². The van der Waals surface area contributed by atoms with E-state index >= 15 is 0 Å². The summed E-state index contributed by atoms with van der Waals surface area (Å²) in [6.45, 7) is 0.497. The van der Waals surface area contributed by atoms with Crippen molar-refractivity contribution in [2.24, 2.45) is 0 Å². The van der Waals surface area contributed by atoms with Gasteiger partial charge in [0.1, 0.15) is 23.6 Å². The number of aromatic carboxylic acids is 1. The molecule has 3 aromatic heterocycles. The van der Waals surface area contributed by atoms with E-state index in [-0.39, 0.29) is 22.8 Å². The Morgan fingerprint density at radius 3 is 2.74 bits per heavy atom. The molecule has 3 aromatic rings. The van der Waals surface area contributed by atoms with Crippen molar-refractivity contribution in [2.75, 3.05) is 11.9 Å². The van der Waals surface area contributed by atoms with Gasteiger partial charge in [-0.1, -0.05) is 6.42 Å². The summed E-state index contributed by atoms with van der Waals surface area (Å²) in [6, 6.07) is 6.33. The molecule has 1 aliphatic carbocycles. The summed E-state index contributed by atoms with van der Waals surface area (Å²) in [5.74, 6) is -0.869. The molecule has 0 aliphatic heterocycles. The van der Waals surface area contributed by atoms with Crippen molar-refractivity contribution in [1.29, 1.82) is 0 Å². The van der Waals surface area contributed by atoms with Crippen LogP contribution in [0.5, 0.6) is 0 Å². The number of hydrogen-bond donors (Lipinski definition) is 2. The van der Waals surface area contributed by atoms with Crippen LogP contribution in [0.25, 0.3) is 11.6 Å². The molecule has 0 amide bonds. The molecule has 1 saturated carbocycles. The predicted octanol–water partition coefficient (Wildman–Crippen LogP) is 2.90. The van der Waals surface area contributed by atoms with E-state index < -0.39 is 5.97 Å². The Morgan fingerprint density at radius 2 is 2.15 bits per heavy atom. The lowest BCUT2D eigenvalue weighted by Gasteiger charge is -2.41. The van der Waals surface area contributed by atoms with E-state index in [9.17, 15) is 9.18 Å². The molecule has 0 aromatic carbocycles. The van der Waals surface area contributed by atoms with Gasteiger partial charge < -0.3 is 14.8 Å². The van der Waals surface area contributed by atoms with Gasteiger partial charge in [-0.15, -0.1) is 10.2 Å². The number of pyridine rings is 1. The van der Waals surface area contributed by atoms with E-state index in [1.165, 1.54) is 6.07 Å². The van der Waals surface area contributed by atoms with Crippen molar-refractivity contribution >= 4 is 11.8 Å². The van der Waals surface area contributed by atoms with Crippen LogP contribution < -0.4 is 5.32 Å². The zero-order valence-corrected chi connectivity index (χ0v) is 14.2. The number of nitrogens with zero attached hydrogens (tertiary/aromatic N) is 4. The molecular formula is C18H16FN5O3. The Kier molecular flexibility index (Phi) is 4.27. The number of carboxylic acids is 1. The molecule has 0 bridgehead atoms. The first-order chi connectivity index (χ1) is 13.1. The van der Waals surface area contributed by atoms with Crippen molar-refractivity contribution in [3.63, 3.8) is 0 Å². The lowest BCUT2D eigenvalue weighted by atomic mass is 9.66. The van der Waals surface area contributed by atoms with E-state index in [0.717, 1.165) is 25.5 Å². The molecule has 1 fully saturated rings. The lowest BCUT2D eigenvalue weighted by molar-refractivity contribution is 0.0690. The Bertz CT molecular complexity index is 969. The Labute approximate surface area is 153 Å². The molecular weight excluding hydrogens is 353 g/mol. The largest absolute Gasteiger partial charge is 0.476 e. The smallest absolute Gasteiger partial charge is 0.357 e. The second kappa shape index (κ2) is 6.75. The molecule has 138 valence electrons. The molecule has 9 heteroatoms. The topological polar surface area (TPSA) is 114 Å². The third kappa shape index (κ3) is 3.23. The highest BCUT2D eigenvalue weighted by molar-refractivity contribution is 5.85. The van der Waals surface area contributed by atoms with Crippen molar-refractivity contribution < 1.29 is 18.7 Å². The van der Waals surface area contributed by atoms with Crippen LogP contribution in [0.2, 0.25) is 0 Å². The molecule has 8 nitrogen and oxygen atoms in total. The van der Waals surface area contributed by atoms with Crippen LogP contribution in [0.3, 0.4) is 0 Å². The molecule has 0 unspecified atom stereocenters.